The van der Waals surface area contributed by atoms with Gasteiger partial charge >= 0.3 is 18.1 Å². The molecule has 186 valence electrons. The third kappa shape index (κ3) is 6.65. The van der Waals surface area contributed by atoms with E-state index in [0.717, 1.165) is 18.2 Å². The minimum Gasteiger partial charge on any atom is -0.861 e. The number of benzene rings is 1. The van der Waals surface area contributed by atoms with Gasteiger partial charge in [0.15, 0.2) is 0 Å². The lowest BCUT2D eigenvalue weighted by atomic mass is 10.1. The summed E-state index contributed by atoms with van der Waals surface area (Å²) >= 11 is 0. The summed E-state index contributed by atoms with van der Waals surface area (Å²) in [6.45, 7) is 0.276. The van der Waals surface area contributed by atoms with Crippen molar-refractivity contribution in [2.24, 2.45) is 12.0 Å². The van der Waals surface area contributed by atoms with Crippen LogP contribution in [0.2, 0.25) is 0 Å². The Morgan fingerprint density at radius 1 is 1.19 bits per heavy atom. The number of anilines is 2. The van der Waals surface area contributed by atoms with Crippen LogP contribution in [0.25, 0.3) is 0 Å². The second-order valence-electron chi connectivity index (χ2n) is 7.59. The van der Waals surface area contributed by atoms with E-state index >= 15 is 0 Å². The first-order valence-corrected chi connectivity index (χ1v) is 10.4. The molecule has 2 N–H and O–H groups in total. The zero-order valence-electron chi connectivity index (χ0n) is 18.7. The zero-order valence-corrected chi connectivity index (χ0v) is 18.7. The topological polar surface area (TPSA) is 137 Å². The van der Waals surface area contributed by atoms with Crippen molar-refractivity contribution in [3.8, 4) is 0 Å². The van der Waals surface area contributed by atoms with Crippen molar-refractivity contribution in [3.05, 3.63) is 78.0 Å². The van der Waals surface area contributed by atoms with Crippen molar-refractivity contribution < 1.29 is 32.3 Å². The summed E-state index contributed by atoms with van der Waals surface area (Å²) in [5.74, 6) is -0.742. The Morgan fingerprint density at radius 2 is 2.03 bits per heavy atom. The largest absolute Gasteiger partial charge is 0.861 e. The second-order valence-corrected chi connectivity index (χ2v) is 7.59. The predicted molar refractivity (Wildman–Crippen MR) is 118 cm³/mol. The molecule has 0 aliphatic carbocycles. The van der Waals surface area contributed by atoms with Gasteiger partial charge in [0, 0.05) is 31.5 Å². The number of aromatic nitrogens is 5. The number of aryl methyl sites for hydroxylation is 1. The average molecular weight is 500 g/mol. The minimum absolute atomic E-state index is 0.0501. The molecule has 3 heterocycles. The van der Waals surface area contributed by atoms with E-state index in [9.17, 15) is 23.1 Å². The SMILES string of the molecule is Cn1ccc(CC([O-])=Nc2cc(NC(=O)Nc3c[n+](Cc4ccccn4)no3)cc(C(F)(F)F)c2)n1. The number of amides is 2. The summed E-state index contributed by atoms with van der Waals surface area (Å²) in [4.78, 5) is 20.3. The molecule has 0 saturated carbocycles. The Morgan fingerprint density at radius 3 is 2.72 bits per heavy atom. The van der Waals surface area contributed by atoms with Crippen LogP contribution in [0.5, 0.6) is 0 Å². The van der Waals surface area contributed by atoms with Gasteiger partial charge in [-0.1, -0.05) is 6.07 Å². The van der Waals surface area contributed by atoms with E-state index < -0.39 is 23.7 Å². The van der Waals surface area contributed by atoms with Gasteiger partial charge < -0.3 is 10.4 Å². The molecule has 1 aromatic carbocycles. The molecule has 14 heteroatoms. The van der Waals surface area contributed by atoms with E-state index in [1.54, 1.807) is 43.7 Å². The van der Waals surface area contributed by atoms with Crippen molar-refractivity contribution >= 4 is 29.2 Å². The first-order chi connectivity index (χ1) is 17.1. The Bertz CT molecular complexity index is 1380. The number of nitrogens with zero attached hydrogens (tertiary/aromatic N) is 6. The number of aliphatic imine (C=N–C) groups is 1. The number of carbonyl (C=O) groups excluding carboxylic acids is 1. The van der Waals surface area contributed by atoms with Crippen molar-refractivity contribution in [3.63, 3.8) is 0 Å². The number of hydrogen-bond acceptors (Lipinski definition) is 7. The molecule has 36 heavy (non-hydrogen) atoms. The lowest BCUT2D eigenvalue weighted by molar-refractivity contribution is -0.755. The van der Waals surface area contributed by atoms with Gasteiger partial charge in [-0.2, -0.15) is 18.3 Å². The standard InChI is InChI=1S/C22H19F3N8O3/c1-32-7-5-15(30-32)11-19(34)27-17-8-14(22(23,24)25)9-18(10-17)28-21(35)29-20-13-33(31-36-20)12-16-4-2-3-6-26-16/h2-10,13H,11-12H2,1H3,(H2-,27,28,29,31,34,35). The fraction of sp³-hybridized carbons (Fsp3) is 0.182. The summed E-state index contributed by atoms with van der Waals surface area (Å²) in [5.41, 5.74) is -0.466. The smallest absolute Gasteiger partial charge is 0.416 e. The van der Waals surface area contributed by atoms with Gasteiger partial charge in [0.2, 0.25) is 11.8 Å². The van der Waals surface area contributed by atoms with E-state index in [0.29, 0.717) is 11.4 Å². The molecule has 0 aliphatic heterocycles. The van der Waals surface area contributed by atoms with Gasteiger partial charge in [0.05, 0.1) is 16.9 Å². The average Bonchev–Trinajstić information content (AvgIpc) is 3.41. The van der Waals surface area contributed by atoms with Crippen LogP contribution in [0.1, 0.15) is 17.0 Å². The summed E-state index contributed by atoms with van der Waals surface area (Å²) in [6.07, 6.45) is -0.293. The number of halogens is 3. The lowest BCUT2D eigenvalue weighted by Crippen LogP contribution is -2.35. The minimum atomic E-state index is -4.73. The molecular weight excluding hydrogens is 481 g/mol. The summed E-state index contributed by atoms with van der Waals surface area (Å²) < 4.78 is 48.1. The maximum atomic E-state index is 13.4. The highest BCUT2D eigenvalue weighted by Crippen LogP contribution is 2.34. The van der Waals surface area contributed by atoms with E-state index in [1.165, 1.54) is 15.6 Å². The van der Waals surface area contributed by atoms with E-state index in [-0.39, 0.29) is 30.2 Å². The molecule has 3 aromatic heterocycles. The van der Waals surface area contributed by atoms with Crippen molar-refractivity contribution in [1.82, 2.24) is 20.0 Å². The van der Waals surface area contributed by atoms with Crippen LogP contribution in [0.4, 0.5) is 35.2 Å². The lowest BCUT2D eigenvalue weighted by Gasteiger charge is -2.13. The maximum Gasteiger partial charge on any atom is 0.416 e. The molecule has 0 spiro atoms. The van der Waals surface area contributed by atoms with Crippen LogP contribution in [0.3, 0.4) is 0 Å². The highest BCUT2D eigenvalue weighted by atomic mass is 19.4. The molecular formula is C22H19F3N8O3. The normalized spacial score (nSPS) is 11.9. The zero-order chi connectivity index (χ0) is 25.7. The molecule has 2 amide bonds. The van der Waals surface area contributed by atoms with E-state index in [4.69, 9.17) is 4.52 Å². The van der Waals surface area contributed by atoms with Gasteiger partial charge in [-0.25, -0.2) is 4.79 Å². The number of nitrogens with one attached hydrogen (secondary N) is 2. The summed E-state index contributed by atoms with van der Waals surface area (Å²) in [6, 6.07) is 8.64. The van der Waals surface area contributed by atoms with Crippen LogP contribution >= 0.6 is 0 Å². The predicted octanol–water partition coefficient (Wildman–Crippen LogP) is 2.43. The van der Waals surface area contributed by atoms with Crippen molar-refractivity contribution in [2.75, 3.05) is 10.6 Å². The third-order valence-corrected chi connectivity index (χ3v) is 4.66. The van der Waals surface area contributed by atoms with Crippen LogP contribution in [0, 0.1) is 0 Å². The highest BCUT2D eigenvalue weighted by Gasteiger charge is 2.31. The number of rotatable bonds is 7. The molecule has 0 saturated heterocycles. The van der Waals surface area contributed by atoms with Crippen molar-refractivity contribution in [1.29, 1.82) is 0 Å². The molecule has 0 radical (unpaired) electrons. The molecule has 0 bridgehead atoms. The van der Waals surface area contributed by atoms with E-state index in [2.05, 4.69) is 31.0 Å². The molecule has 0 fully saturated rings. The molecule has 4 rings (SSSR count). The fourth-order valence-corrected chi connectivity index (χ4v) is 3.15. The second kappa shape index (κ2) is 10.2. The molecule has 0 unspecified atom stereocenters. The van der Waals surface area contributed by atoms with Crippen LogP contribution in [-0.4, -0.2) is 32.0 Å². The summed E-state index contributed by atoms with van der Waals surface area (Å²) in [5, 5.41) is 24.7. The van der Waals surface area contributed by atoms with Gasteiger partial charge in [-0.05, 0) is 47.0 Å². The Kier molecular flexibility index (Phi) is 6.94. The van der Waals surface area contributed by atoms with Crippen LogP contribution in [0.15, 0.2) is 70.6 Å². The van der Waals surface area contributed by atoms with Gasteiger partial charge in [0.25, 0.3) is 6.20 Å². The van der Waals surface area contributed by atoms with Gasteiger partial charge in [0.1, 0.15) is 5.69 Å². The summed E-state index contributed by atoms with van der Waals surface area (Å²) in [7, 11) is 1.67. The number of urea groups is 1. The van der Waals surface area contributed by atoms with Crippen molar-refractivity contribution in [2.45, 2.75) is 19.1 Å². The Hall–Kier alpha value is -4.75. The monoisotopic (exact) mass is 500 g/mol. The quantitative estimate of drug-likeness (QED) is 0.227. The van der Waals surface area contributed by atoms with Crippen LogP contribution < -0.4 is 20.4 Å². The molecule has 11 nitrogen and oxygen atoms in total. The van der Waals surface area contributed by atoms with Gasteiger partial charge in [-0.15, -0.1) is 0 Å². The first-order valence-electron chi connectivity index (χ1n) is 10.4. The third-order valence-electron chi connectivity index (χ3n) is 4.66. The first kappa shape index (κ1) is 24.4. The molecule has 0 aliphatic rings. The molecule has 0 atom stereocenters. The number of alkyl halides is 3. The van der Waals surface area contributed by atoms with E-state index in [1.807, 2.05) is 0 Å². The maximum absolute atomic E-state index is 13.4. The van der Waals surface area contributed by atoms with Crippen LogP contribution in [-0.2, 0) is 26.2 Å². The Labute approximate surface area is 201 Å². The molecule has 4 aromatic rings. The number of hydrogen-bond donors (Lipinski definition) is 2. The number of carbonyl (C=O) groups is 1. The Balaban J connectivity index is 1.47. The van der Waals surface area contributed by atoms with Gasteiger partial charge in [-0.3, -0.25) is 24.5 Å². The fourth-order valence-electron chi connectivity index (χ4n) is 3.15. The highest BCUT2D eigenvalue weighted by molar-refractivity contribution is 5.99. The number of pyridine rings is 1.